The molecule has 0 fully saturated rings. The Labute approximate surface area is 147 Å². The molecular weight excluding hydrogens is 332 g/mol. The molecule has 7 nitrogen and oxygen atoms in total. The molecule has 0 bridgehead atoms. The van der Waals surface area contributed by atoms with Gasteiger partial charge in [0.05, 0.1) is 0 Å². The maximum Gasteiger partial charge on any atom is 0.258 e. The number of nitrogens with zero attached hydrogens (tertiary/aromatic N) is 2. The third kappa shape index (κ3) is 6.17. The lowest BCUT2D eigenvalue weighted by Gasteiger charge is -2.10. The predicted octanol–water partition coefficient (Wildman–Crippen LogP) is 1.90. The molecule has 2 aromatic rings. The molecule has 2 unspecified atom stereocenters. The van der Waals surface area contributed by atoms with E-state index in [-0.39, 0.29) is 37.0 Å². The van der Waals surface area contributed by atoms with E-state index in [4.69, 9.17) is 9.26 Å². The van der Waals surface area contributed by atoms with E-state index in [0.717, 1.165) is 0 Å². The molecule has 0 spiro atoms. The molecule has 2 atom stereocenters. The second-order valence-electron chi connectivity index (χ2n) is 5.33. The van der Waals surface area contributed by atoms with E-state index in [1.807, 2.05) is 32.2 Å². The van der Waals surface area contributed by atoms with E-state index in [1.54, 1.807) is 19.1 Å². The number of aromatic nitrogens is 2. The summed E-state index contributed by atoms with van der Waals surface area (Å²) >= 11 is 0. The molecule has 1 heterocycles. The minimum atomic E-state index is -0.368. The number of ether oxygens (including phenoxy) is 1. The predicted molar refractivity (Wildman–Crippen MR) is 92.3 cm³/mol. The van der Waals surface area contributed by atoms with Crippen molar-refractivity contribution < 1.29 is 14.1 Å². The van der Waals surface area contributed by atoms with Gasteiger partial charge in [-0.1, -0.05) is 23.4 Å². The molecule has 0 aliphatic carbocycles. The van der Waals surface area contributed by atoms with E-state index < -0.39 is 0 Å². The van der Waals surface area contributed by atoms with Crippen molar-refractivity contribution in [2.45, 2.75) is 32.4 Å². The highest BCUT2D eigenvalue weighted by molar-refractivity contribution is 5.85. The van der Waals surface area contributed by atoms with Crippen LogP contribution in [0.3, 0.4) is 0 Å². The molecule has 0 radical (unpaired) electrons. The van der Waals surface area contributed by atoms with Crippen LogP contribution >= 0.6 is 12.4 Å². The molecular formula is C16H23ClN4O3. The van der Waals surface area contributed by atoms with Crippen molar-refractivity contribution in [2.24, 2.45) is 0 Å². The number of benzene rings is 1. The number of para-hydroxylation sites is 1. The number of nitrogens with one attached hydrogen (secondary N) is 2. The molecule has 0 aliphatic rings. The largest absolute Gasteiger partial charge is 0.484 e. The maximum atomic E-state index is 11.9. The van der Waals surface area contributed by atoms with Crippen molar-refractivity contribution in [3.63, 3.8) is 0 Å². The summed E-state index contributed by atoms with van der Waals surface area (Å²) in [7, 11) is 1.88. The van der Waals surface area contributed by atoms with Crippen LogP contribution in [-0.2, 0) is 11.2 Å². The Balaban J connectivity index is 0.00000288. The first kappa shape index (κ1) is 19.9. The molecule has 1 aromatic heterocycles. The van der Waals surface area contributed by atoms with E-state index >= 15 is 0 Å². The normalized spacial score (nSPS) is 12.8. The summed E-state index contributed by atoms with van der Waals surface area (Å²) in [6.07, 6.45) is 0.664. The number of hydrogen-bond acceptors (Lipinski definition) is 6. The van der Waals surface area contributed by atoms with E-state index in [9.17, 15) is 4.79 Å². The van der Waals surface area contributed by atoms with Crippen LogP contribution in [0.2, 0.25) is 0 Å². The second kappa shape index (κ2) is 9.89. The lowest BCUT2D eigenvalue weighted by atomic mass is 10.2. The van der Waals surface area contributed by atoms with Crippen molar-refractivity contribution in [1.82, 2.24) is 20.8 Å². The summed E-state index contributed by atoms with van der Waals surface area (Å²) in [6, 6.07) is 9.06. The first-order chi connectivity index (χ1) is 11.1. The Morgan fingerprint density at radius 1 is 1.29 bits per heavy atom. The van der Waals surface area contributed by atoms with Gasteiger partial charge in [-0.2, -0.15) is 4.98 Å². The van der Waals surface area contributed by atoms with E-state index in [0.29, 0.717) is 23.9 Å². The second-order valence-corrected chi connectivity index (χ2v) is 5.33. The van der Waals surface area contributed by atoms with Gasteiger partial charge in [-0.05, 0) is 33.0 Å². The summed E-state index contributed by atoms with van der Waals surface area (Å²) in [5.74, 6) is 1.40. The highest BCUT2D eigenvalue weighted by Gasteiger charge is 2.17. The Bertz CT molecular complexity index is 621. The summed E-state index contributed by atoms with van der Waals surface area (Å²) in [6.45, 7) is 3.76. The molecule has 24 heavy (non-hydrogen) atoms. The molecule has 0 aliphatic heterocycles. The van der Waals surface area contributed by atoms with Crippen LogP contribution in [-0.4, -0.2) is 35.7 Å². The summed E-state index contributed by atoms with van der Waals surface area (Å²) in [4.78, 5) is 16.2. The molecule has 0 saturated heterocycles. The van der Waals surface area contributed by atoms with E-state index in [1.165, 1.54) is 0 Å². The number of hydrogen-bond donors (Lipinski definition) is 2. The van der Waals surface area contributed by atoms with Gasteiger partial charge in [0, 0.05) is 12.5 Å². The number of rotatable bonds is 8. The van der Waals surface area contributed by atoms with Gasteiger partial charge < -0.3 is 19.9 Å². The molecule has 2 N–H and O–H groups in total. The van der Waals surface area contributed by atoms with Gasteiger partial charge in [-0.3, -0.25) is 4.79 Å². The summed E-state index contributed by atoms with van der Waals surface area (Å²) in [5.41, 5.74) is 0. The first-order valence-corrected chi connectivity index (χ1v) is 7.55. The average Bonchev–Trinajstić information content (AvgIpc) is 3.02. The number of carbonyl (C=O) groups excluding carboxylic acids is 1. The van der Waals surface area contributed by atoms with Gasteiger partial charge in [-0.25, -0.2) is 0 Å². The Kier molecular flexibility index (Phi) is 8.21. The van der Waals surface area contributed by atoms with Gasteiger partial charge in [0.25, 0.3) is 5.91 Å². The SMILES string of the molecule is CNC(C)Cc1noc(C(C)NC(=O)COc2ccccc2)n1.Cl. The Morgan fingerprint density at radius 2 is 2.00 bits per heavy atom. The minimum absolute atomic E-state index is 0. The first-order valence-electron chi connectivity index (χ1n) is 7.55. The third-order valence-corrected chi connectivity index (χ3v) is 3.33. The van der Waals surface area contributed by atoms with Crippen LogP contribution in [0.1, 0.15) is 31.6 Å². The monoisotopic (exact) mass is 354 g/mol. The van der Waals surface area contributed by atoms with Crippen LogP contribution in [0.4, 0.5) is 0 Å². The fraction of sp³-hybridized carbons (Fsp3) is 0.438. The average molecular weight is 355 g/mol. The smallest absolute Gasteiger partial charge is 0.258 e. The lowest BCUT2D eigenvalue weighted by Crippen LogP contribution is -2.31. The number of halogens is 1. The number of likely N-dealkylation sites (N-methyl/N-ethyl adjacent to an activating group) is 1. The van der Waals surface area contributed by atoms with Crippen molar-refractivity contribution in [3.8, 4) is 5.75 Å². The van der Waals surface area contributed by atoms with Gasteiger partial charge in [0.15, 0.2) is 12.4 Å². The third-order valence-electron chi connectivity index (χ3n) is 3.33. The Morgan fingerprint density at radius 3 is 2.67 bits per heavy atom. The van der Waals surface area contributed by atoms with Crippen LogP contribution < -0.4 is 15.4 Å². The Hall–Kier alpha value is -2.12. The molecule has 132 valence electrons. The van der Waals surface area contributed by atoms with Crippen molar-refractivity contribution in [2.75, 3.05) is 13.7 Å². The maximum absolute atomic E-state index is 11.9. The highest BCUT2D eigenvalue weighted by atomic mass is 35.5. The van der Waals surface area contributed by atoms with Gasteiger partial charge >= 0.3 is 0 Å². The zero-order chi connectivity index (χ0) is 16.7. The standard InChI is InChI=1S/C16H22N4O3.ClH/c1-11(17-3)9-14-19-16(23-20-14)12(2)18-15(21)10-22-13-7-5-4-6-8-13;/h4-8,11-12,17H,9-10H2,1-3H3,(H,18,21);1H. The number of amides is 1. The van der Waals surface area contributed by atoms with Gasteiger partial charge in [0.2, 0.25) is 5.89 Å². The minimum Gasteiger partial charge on any atom is -0.484 e. The molecule has 0 saturated carbocycles. The molecule has 1 aromatic carbocycles. The zero-order valence-corrected chi connectivity index (χ0v) is 14.8. The van der Waals surface area contributed by atoms with Crippen molar-refractivity contribution in [1.29, 1.82) is 0 Å². The van der Waals surface area contributed by atoms with Crippen molar-refractivity contribution >= 4 is 18.3 Å². The van der Waals surface area contributed by atoms with Crippen LogP contribution in [0.5, 0.6) is 5.75 Å². The van der Waals surface area contributed by atoms with Crippen LogP contribution in [0.25, 0.3) is 0 Å². The van der Waals surface area contributed by atoms with Crippen LogP contribution in [0.15, 0.2) is 34.9 Å². The van der Waals surface area contributed by atoms with E-state index in [2.05, 4.69) is 20.8 Å². The number of carbonyl (C=O) groups is 1. The quantitative estimate of drug-likeness (QED) is 0.752. The van der Waals surface area contributed by atoms with Gasteiger partial charge in [0.1, 0.15) is 11.8 Å². The van der Waals surface area contributed by atoms with Crippen molar-refractivity contribution in [3.05, 3.63) is 42.0 Å². The van der Waals surface area contributed by atoms with Crippen LogP contribution in [0, 0.1) is 0 Å². The lowest BCUT2D eigenvalue weighted by molar-refractivity contribution is -0.123. The highest BCUT2D eigenvalue weighted by Crippen LogP contribution is 2.11. The molecule has 2 rings (SSSR count). The molecule has 8 heteroatoms. The zero-order valence-electron chi connectivity index (χ0n) is 14.0. The summed E-state index contributed by atoms with van der Waals surface area (Å²) in [5, 5.41) is 9.80. The van der Waals surface area contributed by atoms with Gasteiger partial charge in [-0.15, -0.1) is 12.4 Å². The molecule has 1 amide bonds. The summed E-state index contributed by atoms with van der Waals surface area (Å²) < 4.78 is 10.6. The fourth-order valence-electron chi connectivity index (χ4n) is 1.91. The topological polar surface area (TPSA) is 89.3 Å². The fourth-order valence-corrected chi connectivity index (χ4v) is 1.91.